The van der Waals surface area contributed by atoms with Gasteiger partial charge in [-0.25, -0.2) is 8.95 Å². The normalized spacial score (nSPS) is 11.5. The van der Waals surface area contributed by atoms with Crippen molar-refractivity contribution in [2.45, 2.75) is 6.92 Å². The molecule has 0 saturated heterocycles. The van der Waals surface area contributed by atoms with Gasteiger partial charge in [-0.05, 0) is 43.3 Å². The molecule has 0 aliphatic rings. The zero-order valence-corrected chi connectivity index (χ0v) is 16.4. The van der Waals surface area contributed by atoms with Crippen LogP contribution >= 0.6 is 34.7 Å². The number of halogens is 2. The summed E-state index contributed by atoms with van der Waals surface area (Å²) in [5.41, 5.74) is 1.76. The number of aryl methyl sites for hydroxylation is 1. The average Bonchev–Trinajstić information content (AvgIpc) is 2.96. The van der Waals surface area contributed by atoms with E-state index in [-0.39, 0.29) is 0 Å². The Hall–Kier alpha value is -2.28. The number of anilines is 1. The Kier molecular flexibility index (Phi) is 5.66. The fraction of sp³-hybridized carbons (Fsp3) is 0.111. The first-order chi connectivity index (χ1) is 12.5. The number of hydrogen-bond acceptors (Lipinski definition) is 4. The van der Waals surface area contributed by atoms with E-state index in [0.717, 1.165) is 16.3 Å². The van der Waals surface area contributed by atoms with Crippen LogP contribution in [0.3, 0.4) is 0 Å². The number of nitrogens with zero attached hydrogens (tertiary/aromatic N) is 2. The standard InChI is InChI=1S/C18H16Cl2N4OS/c1-11-8-17(21)24(26-11)18(22-12-4-3-5-14(9-12)25-2)23-13-6-7-15(19)16(20)10-13/h3-10,21H,1-2H3,(H,22,23). The largest absolute Gasteiger partial charge is 0.497 e. The Morgan fingerprint density at radius 2 is 1.96 bits per heavy atom. The van der Waals surface area contributed by atoms with Crippen LogP contribution in [0.4, 0.5) is 11.4 Å². The SMILES string of the molecule is COc1cccc(NC(=Nc2ccc(Cl)c(Cl)c2)n2sc(C)cc2=N)c1. The van der Waals surface area contributed by atoms with E-state index in [1.54, 1.807) is 35.3 Å². The number of ether oxygens (including phenoxy) is 1. The van der Waals surface area contributed by atoms with Crippen molar-refractivity contribution in [1.29, 1.82) is 5.41 Å². The Balaban J connectivity index is 2.06. The molecule has 0 radical (unpaired) electrons. The second-order valence-electron chi connectivity index (χ2n) is 5.42. The second kappa shape index (κ2) is 7.95. The van der Waals surface area contributed by atoms with E-state index in [1.807, 2.05) is 31.2 Å². The van der Waals surface area contributed by atoms with Crippen LogP contribution in [0.1, 0.15) is 4.88 Å². The monoisotopic (exact) mass is 406 g/mol. The Morgan fingerprint density at radius 1 is 1.15 bits per heavy atom. The van der Waals surface area contributed by atoms with Gasteiger partial charge in [0.15, 0.2) is 0 Å². The summed E-state index contributed by atoms with van der Waals surface area (Å²) in [5.74, 6) is 1.21. The summed E-state index contributed by atoms with van der Waals surface area (Å²) in [6.07, 6.45) is 0. The smallest absolute Gasteiger partial charge is 0.223 e. The predicted molar refractivity (Wildman–Crippen MR) is 108 cm³/mol. The molecule has 134 valence electrons. The van der Waals surface area contributed by atoms with E-state index in [1.165, 1.54) is 11.5 Å². The highest BCUT2D eigenvalue weighted by Gasteiger charge is 2.09. The minimum absolute atomic E-state index is 0.335. The molecule has 0 bridgehead atoms. The molecule has 0 spiro atoms. The molecular formula is C18H16Cl2N4OS. The molecule has 8 heteroatoms. The molecule has 0 unspecified atom stereocenters. The van der Waals surface area contributed by atoms with Crippen LogP contribution in [0.25, 0.3) is 0 Å². The predicted octanol–water partition coefficient (Wildman–Crippen LogP) is 5.30. The van der Waals surface area contributed by atoms with Crippen LogP contribution in [-0.2, 0) is 0 Å². The van der Waals surface area contributed by atoms with E-state index in [0.29, 0.717) is 27.2 Å². The fourth-order valence-corrected chi connectivity index (χ4v) is 3.33. The van der Waals surface area contributed by atoms with Crippen LogP contribution in [0, 0.1) is 12.3 Å². The van der Waals surface area contributed by atoms with Crippen LogP contribution in [0.15, 0.2) is 53.5 Å². The molecule has 1 aromatic heterocycles. The summed E-state index contributed by atoms with van der Waals surface area (Å²) in [7, 11) is 1.61. The van der Waals surface area contributed by atoms with Crippen molar-refractivity contribution in [2.75, 3.05) is 12.4 Å². The van der Waals surface area contributed by atoms with Crippen molar-refractivity contribution in [3.05, 3.63) is 68.9 Å². The van der Waals surface area contributed by atoms with Crippen molar-refractivity contribution in [3.8, 4) is 5.75 Å². The molecule has 1 heterocycles. The molecule has 0 aliphatic carbocycles. The fourth-order valence-electron chi connectivity index (χ4n) is 2.26. The summed E-state index contributed by atoms with van der Waals surface area (Å²) in [4.78, 5) is 5.63. The van der Waals surface area contributed by atoms with Gasteiger partial charge in [-0.1, -0.05) is 40.8 Å². The second-order valence-corrected chi connectivity index (χ2v) is 7.42. The molecule has 0 saturated carbocycles. The third-order valence-corrected chi connectivity index (χ3v) is 5.15. The molecule has 0 amide bonds. The van der Waals surface area contributed by atoms with Gasteiger partial charge in [0.2, 0.25) is 5.96 Å². The quantitative estimate of drug-likeness (QED) is 0.457. The Bertz CT molecular complexity index is 1030. The van der Waals surface area contributed by atoms with Gasteiger partial charge in [-0.15, -0.1) is 0 Å². The molecule has 2 N–H and O–H groups in total. The maximum Gasteiger partial charge on any atom is 0.223 e. The molecule has 0 fully saturated rings. The molecule has 5 nitrogen and oxygen atoms in total. The number of methoxy groups -OCH3 is 1. The van der Waals surface area contributed by atoms with Crippen molar-refractivity contribution in [2.24, 2.45) is 4.99 Å². The minimum Gasteiger partial charge on any atom is -0.497 e. The lowest BCUT2D eigenvalue weighted by molar-refractivity contribution is 0.415. The number of aliphatic imine (C=N–C) groups is 1. The van der Waals surface area contributed by atoms with Crippen LogP contribution < -0.4 is 15.5 Å². The highest BCUT2D eigenvalue weighted by atomic mass is 35.5. The van der Waals surface area contributed by atoms with Gasteiger partial charge in [-0.2, -0.15) is 0 Å². The van der Waals surface area contributed by atoms with Crippen molar-refractivity contribution < 1.29 is 4.74 Å². The molecule has 0 atom stereocenters. The van der Waals surface area contributed by atoms with Crippen LogP contribution in [0.2, 0.25) is 10.0 Å². The van der Waals surface area contributed by atoms with Gasteiger partial charge in [0.1, 0.15) is 11.2 Å². The average molecular weight is 407 g/mol. The molecule has 3 rings (SSSR count). The van der Waals surface area contributed by atoms with E-state index in [4.69, 9.17) is 33.3 Å². The lowest BCUT2D eigenvalue weighted by atomic mass is 10.3. The molecule has 3 aromatic rings. The van der Waals surface area contributed by atoms with Crippen LogP contribution in [0.5, 0.6) is 5.75 Å². The summed E-state index contributed by atoms with van der Waals surface area (Å²) in [6.45, 7) is 1.95. The van der Waals surface area contributed by atoms with Crippen molar-refractivity contribution in [3.63, 3.8) is 0 Å². The van der Waals surface area contributed by atoms with Gasteiger partial charge >= 0.3 is 0 Å². The highest BCUT2D eigenvalue weighted by Crippen LogP contribution is 2.27. The zero-order valence-electron chi connectivity index (χ0n) is 14.1. The number of benzene rings is 2. The number of nitrogens with one attached hydrogen (secondary N) is 2. The Morgan fingerprint density at radius 3 is 2.62 bits per heavy atom. The van der Waals surface area contributed by atoms with Crippen molar-refractivity contribution >= 4 is 52.1 Å². The maximum absolute atomic E-state index is 8.19. The van der Waals surface area contributed by atoms with E-state index in [2.05, 4.69) is 10.3 Å². The first-order valence-electron chi connectivity index (χ1n) is 7.66. The maximum atomic E-state index is 8.19. The third kappa shape index (κ3) is 4.27. The Labute approximate surface area is 165 Å². The lowest BCUT2D eigenvalue weighted by Gasteiger charge is -2.11. The number of aromatic nitrogens is 1. The first-order valence-corrected chi connectivity index (χ1v) is 9.19. The van der Waals surface area contributed by atoms with Gasteiger partial charge in [0.05, 0.1) is 22.8 Å². The summed E-state index contributed by atoms with van der Waals surface area (Å²) in [5, 5.41) is 12.3. The highest BCUT2D eigenvalue weighted by molar-refractivity contribution is 7.07. The van der Waals surface area contributed by atoms with Gasteiger partial charge < -0.3 is 10.1 Å². The zero-order chi connectivity index (χ0) is 18.7. The lowest BCUT2D eigenvalue weighted by Crippen LogP contribution is -2.28. The topological polar surface area (TPSA) is 62.4 Å². The van der Waals surface area contributed by atoms with Crippen LogP contribution in [-0.4, -0.2) is 17.0 Å². The summed E-state index contributed by atoms with van der Waals surface area (Å²) >= 11 is 13.5. The van der Waals surface area contributed by atoms with Gasteiger partial charge in [0.25, 0.3) is 0 Å². The third-order valence-electron chi connectivity index (χ3n) is 3.45. The van der Waals surface area contributed by atoms with E-state index < -0.39 is 0 Å². The molecule has 2 aromatic carbocycles. The number of rotatable bonds is 3. The van der Waals surface area contributed by atoms with Gasteiger partial charge in [-0.3, -0.25) is 5.41 Å². The van der Waals surface area contributed by atoms with E-state index >= 15 is 0 Å². The number of hydrogen-bond donors (Lipinski definition) is 2. The minimum atomic E-state index is 0.335. The van der Waals surface area contributed by atoms with Gasteiger partial charge in [0, 0.05) is 16.6 Å². The van der Waals surface area contributed by atoms with E-state index in [9.17, 15) is 0 Å². The first kappa shape index (κ1) is 18.5. The molecule has 26 heavy (non-hydrogen) atoms. The molecule has 0 aliphatic heterocycles. The summed E-state index contributed by atoms with van der Waals surface area (Å²) < 4.78 is 6.97. The summed E-state index contributed by atoms with van der Waals surface area (Å²) in [6, 6.07) is 14.4. The molecular weight excluding hydrogens is 391 g/mol. The van der Waals surface area contributed by atoms with Crippen molar-refractivity contribution in [1.82, 2.24) is 3.96 Å².